The zero-order valence-corrected chi connectivity index (χ0v) is 10.1. The highest BCUT2D eigenvalue weighted by Crippen LogP contribution is 2.31. The number of rotatable bonds is 4. The first-order valence-electron chi connectivity index (χ1n) is 5.11. The van der Waals surface area contributed by atoms with Gasteiger partial charge in [-0.2, -0.15) is 13.2 Å². The molecule has 0 saturated carbocycles. The summed E-state index contributed by atoms with van der Waals surface area (Å²) in [5.41, 5.74) is 5.43. The molecule has 0 amide bonds. The zero-order valence-electron chi connectivity index (χ0n) is 9.27. The molecule has 0 aliphatic rings. The van der Waals surface area contributed by atoms with E-state index in [0.29, 0.717) is 12.2 Å². The van der Waals surface area contributed by atoms with E-state index in [2.05, 4.69) is 5.32 Å². The number of anilines is 1. The molecule has 6 heteroatoms. The summed E-state index contributed by atoms with van der Waals surface area (Å²) in [4.78, 5) is -0.0466. The Hall–Kier alpha value is -1.30. The fraction of sp³-hybridized carbons (Fsp3) is 0.364. The molecule has 2 nitrogen and oxygen atoms in total. The quantitative estimate of drug-likeness (QED) is 0.819. The van der Waals surface area contributed by atoms with Crippen molar-refractivity contribution in [1.82, 2.24) is 0 Å². The molecule has 0 fully saturated rings. The summed E-state index contributed by atoms with van der Waals surface area (Å²) in [6.45, 7) is 2.61. The average Bonchev–Trinajstić information content (AvgIpc) is 2.24. The summed E-state index contributed by atoms with van der Waals surface area (Å²) in [6, 6.07) is 3.34. The van der Waals surface area contributed by atoms with Crippen LogP contribution in [0.4, 0.5) is 18.9 Å². The van der Waals surface area contributed by atoms with Crippen LogP contribution in [-0.2, 0) is 6.18 Å². The molecule has 0 heterocycles. The van der Waals surface area contributed by atoms with Gasteiger partial charge in [-0.25, -0.2) is 0 Å². The predicted octanol–water partition coefficient (Wildman–Crippen LogP) is 3.16. The molecule has 17 heavy (non-hydrogen) atoms. The van der Waals surface area contributed by atoms with Crippen LogP contribution in [0.1, 0.15) is 24.5 Å². The highest BCUT2D eigenvalue weighted by molar-refractivity contribution is 7.80. The van der Waals surface area contributed by atoms with Crippen LogP contribution >= 0.6 is 12.2 Å². The van der Waals surface area contributed by atoms with Crippen molar-refractivity contribution in [3.8, 4) is 0 Å². The van der Waals surface area contributed by atoms with E-state index in [0.717, 1.165) is 18.6 Å². The number of hydrogen-bond acceptors (Lipinski definition) is 2. The fourth-order valence-corrected chi connectivity index (χ4v) is 1.51. The monoisotopic (exact) mass is 262 g/mol. The first kappa shape index (κ1) is 13.8. The van der Waals surface area contributed by atoms with Crippen LogP contribution in [0.15, 0.2) is 18.2 Å². The van der Waals surface area contributed by atoms with Crippen molar-refractivity contribution in [3.05, 3.63) is 29.3 Å². The molecule has 0 aliphatic heterocycles. The second kappa shape index (κ2) is 5.35. The lowest BCUT2D eigenvalue weighted by atomic mass is 10.1. The summed E-state index contributed by atoms with van der Waals surface area (Å²) < 4.78 is 37.5. The van der Waals surface area contributed by atoms with Crippen molar-refractivity contribution in [2.24, 2.45) is 5.73 Å². The molecular formula is C11H13F3N2S. The number of nitrogens with two attached hydrogens (primary N) is 1. The number of thiocarbonyl (C=S) groups is 1. The maximum atomic E-state index is 12.5. The van der Waals surface area contributed by atoms with Crippen LogP contribution in [0.25, 0.3) is 0 Å². The van der Waals surface area contributed by atoms with Crippen molar-refractivity contribution in [3.63, 3.8) is 0 Å². The maximum Gasteiger partial charge on any atom is 0.416 e. The number of nitrogens with one attached hydrogen (secondary N) is 1. The highest BCUT2D eigenvalue weighted by atomic mass is 32.1. The van der Waals surface area contributed by atoms with Crippen molar-refractivity contribution < 1.29 is 13.2 Å². The fourth-order valence-electron chi connectivity index (χ4n) is 1.34. The van der Waals surface area contributed by atoms with Gasteiger partial charge in [0.05, 0.1) is 5.56 Å². The lowest BCUT2D eigenvalue weighted by Crippen LogP contribution is -2.16. The standard InChI is InChI=1S/C11H13F3N2S/c1-2-5-16-9-4-3-7(11(12,13)14)6-8(9)10(15)17/h3-4,6,16H,2,5H2,1H3,(H2,15,17). The van der Waals surface area contributed by atoms with Gasteiger partial charge in [-0.15, -0.1) is 0 Å². The van der Waals surface area contributed by atoms with Gasteiger partial charge < -0.3 is 11.1 Å². The molecule has 0 aromatic heterocycles. The van der Waals surface area contributed by atoms with Gasteiger partial charge in [-0.05, 0) is 24.6 Å². The number of hydrogen-bond donors (Lipinski definition) is 2. The van der Waals surface area contributed by atoms with Gasteiger partial charge in [-0.1, -0.05) is 19.1 Å². The Bertz CT molecular complexity index is 416. The third-order valence-electron chi connectivity index (χ3n) is 2.18. The molecule has 0 saturated heterocycles. The Kier molecular flexibility index (Phi) is 4.34. The number of benzene rings is 1. The molecule has 0 atom stereocenters. The van der Waals surface area contributed by atoms with E-state index >= 15 is 0 Å². The largest absolute Gasteiger partial charge is 0.416 e. The molecule has 0 spiro atoms. The zero-order chi connectivity index (χ0) is 13.1. The summed E-state index contributed by atoms with van der Waals surface area (Å²) in [6.07, 6.45) is -3.53. The van der Waals surface area contributed by atoms with E-state index in [1.807, 2.05) is 6.92 Å². The topological polar surface area (TPSA) is 38.0 Å². The lowest BCUT2D eigenvalue weighted by Gasteiger charge is -2.13. The Morgan fingerprint density at radius 1 is 1.41 bits per heavy atom. The van der Waals surface area contributed by atoms with Gasteiger partial charge in [0.2, 0.25) is 0 Å². The molecule has 3 N–H and O–H groups in total. The Morgan fingerprint density at radius 3 is 2.53 bits per heavy atom. The van der Waals surface area contributed by atoms with E-state index in [4.69, 9.17) is 18.0 Å². The van der Waals surface area contributed by atoms with Crippen molar-refractivity contribution in [2.45, 2.75) is 19.5 Å². The second-order valence-corrected chi connectivity index (χ2v) is 3.99. The molecule has 0 bridgehead atoms. The molecule has 1 rings (SSSR count). The van der Waals surface area contributed by atoms with Gasteiger partial charge in [0.15, 0.2) is 0 Å². The maximum absolute atomic E-state index is 12.5. The minimum absolute atomic E-state index is 0.0466. The van der Waals surface area contributed by atoms with Crippen LogP contribution in [0.5, 0.6) is 0 Å². The Labute approximate surface area is 103 Å². The van der Waals surface area contributed by atoms with Gasteiger partial charge in [-0.3, -0.25) is 0 Å². The smallest absolute Gasteiger partial charge is 0.389 e. The molecule has 94 valence electrons. The SMILES string of the molecule is CCCNc1ccc(C(F)(F)F)cc1C(N)=S. The van der Waals surface area contributed by atoms with Crippen LogP contribution in [0.3, 0.4) is 0 Å². The Morgan fingerprint density at radius 2 is 2.06 bits per heavy atom. The summed E-state index contributed by atoms with van der Waals surface area (Å²) in [5, 5.41) is 2.99. The average molecular weight is 262 g/mol. The van der Waals surface area contributed by atoms with E-state index < -0.39 is 11.7 Å². The van der Waals surface area contributed by atoms with Crippen LogP contribution in [-0.4, -0.2) is 11.5 Å². The van der Waals surface area contributed by atoms with E-state index in [1.54, 1.807) is 0 Å². The lowest BCUT2D eigenvalue weighted by molar-refractivity contribution is -0.137. The van der Waals surface area contributed by atoms with E-state index in [9.17, 15) is 13.2 Å². The van der Waals surface area contributed by atoms with E-state index in [1.165, 1.54) is 6.07 Å². The number of halogens is 3. The first-order valence-corrected chi connectivity index (χ1v) is 5.52. The molecule has 1 aromatic carbocycles. The Balaban J connectivity index is 3.13. The van der Waals surface area contributed by atoms with Crippen molar-refractivity contribution in [1.29, 1.82) is 0 Å². The van der Waals surface area contributed by atoms with Crippen molar-refractivity contribution >= 4 is 22.9 Å². The number of alkyl halides is 3. The predicted molar refractivity (Wildman–Crippen MR) is 66.1 cm³/mol. The van der Waals surface area contributed by atoms with Gasteiger partial charge in [0.25, 0.3) is 0 Å². The third kappa shape index (κ3) is 3.59. The summed E-state index contributed by atoms with van der Waals surface area (Å²) in [7, 11) is 0. The van der Waals surface area contributed by atoms with Crippen molar-refractivity contribution in [2.75, 3.05) is 11.9 Å². The highest BCUT2D eigenvalue weighted by Gasteiger charge is 2.31. The van der Waals surface area contributed by atoms with Crippen LogP contribution in [0.2, 0.25) is 0 Å². The molecule has 0 aliphatic carbocycles. The first-order chi connectivity index (χ1) is 7.86. The van der Waals surface area contributed by atoms with E-state index in [-0.39, 0.29) is 10.6 Å². The van der Waals surface area contributed by atoms with Crippen LogP contribution < -0.4 is 11.1 Å². The molecule has 0 unspecified atom stereocenters. The summed E-state index contributed by atoms with van der Waals surface area (Å²) in [5.74, 6) is 0. The molecule has 1 aromatic rings. The second-order valence-electron chi connectivity index (χ2n) is 3.55. The minimum atomic E-state index is -4.39. The van der Waals surface area contributed by atoms with Gasteiger partial charge >= 0.3 is 6.18 Å². The van der Waals surface area contributed by atoms with Crippen LogP contribution in [0, 0.1) is 0 Å². The summed E-state index contributed by atoms with van der Waals surface area (Å²) >= 11 is 4.75. The third-order valence-corrected chi connectivity index (χ3v) is 2.40. The molecule has 0 radical (unpaired) electrons. The molecular weight excluding hydrogens is 249 g/mol. The normalized spacial score (nSPS) is 11.3. The minimum Gasteiger partial charge on any atom is -0.389 e. The van der Waals surface area contributed by atoms with Gasteiger partial charge in [0, 0.05) is 17.8 Å². The van der Waals surface area contributed by atoms with Gasteiger partial charge in [0.1, 0.15) is 4.99 Å².